The summed E-state index contributed by atoms with van der Waals surface area (Å²) in [6.45, 7) is 1.44. The largest absolute Gasteiger partial charge is 0.445 e. The first-order valence-corrected chi connectivity index (χ1v) is 6.70. The number of benzene rings is 1. The van der Waals surface area contributed by atoms with Crippen molar-refractivity contribution in [1.29, 1.82) is 0 Å². The van der Waals surface area contributed by atoms with Gasteiger partial charge in [-0.05, 0) is 49.5 Å². The Kier molecular flexibility index (Phi) is 2.32. The molecule has 82 valence electrons. The van der Waals surface area contributed by atoms with E-state index in [0.29, 0.717) is 5.56 Å². The number of alkyl halides is 3. The monoisotopic (exact) mass is 252 g/mol. The fraction of sp³-hybridized carbons (Fsp3) is 0.200. The van der Waals surface area contributed by atoms with Crippen LogP contribution in [0.1, 0.15) is 12.5 Å². The van der Waals surface area contributed by atoms with Crippen molar-refractivity contribution in [3.8, 4) is 0 Å². The number of halogens is 4. The predicted molar refractivity (Wildman–Crippen MR) is 57.9 cm³/mol. The summed E-state index contributed by atoms with van der Waals surface area (Å²) >= 11 is 0. The van der Waals surface area contributed by atoms with Crippen LogP contribution >= 0.6 is 19.9 Å². The van der Waals surface area contributed by atoms with Gasteiger partial charge in [-0.1, -0.05) is 18.2 Å². The van der Waals surface area contributed by atoms with E-state index in [1.807, 2.05) is 0 Å². The number of allylic oxidation sites excluding steroid dienone is 1. The third-order valence-corrected chi connectivity index (χ3v) is 6.72. The van der Waals surface area contributed by atoms with Gasteiger partial charge in [0.1, 0.15) is 0 Å². The van der Waals surface area contributed by atoms with Gasteiger partial charge in [0, 0.05) is 4.90 Å². The number of hydrogen-bond donors (Lipinski definition) is 0. The molecule has 0 radical (unpaired) electrons. The lowest BCUT2D eigenvalue weighted by molar-refractivity contribution is -0.0359. The smallest absolute Gasteiger partial charge is 0.160 e. The summed E-state index contributed by atoms with van der Waals surface area (Å²) < 4.78 is 38.8. The lowest BCUT2D eigenvalue weighted by Crippen LogP contribution is -2.15. The Balaban J connectivity index is 2.67. The highest BCUT2D eigenvalue weighted by molar-refractivity contribution is 8.54. The van der Waals surface area contributed by atoms with Gasteiger partial charge in [0.05, 0.1) is 0 Å². The quantitative estimate of drug-likeness (QED) is 0.616. The van der Waals surface area contributed by atoms with Gasteiger partial charge in [0.2, 0.25) is 0 Å². The molecule has 0 N–H and O–H groups in total. The van der Waals surface area contributed by atoms with E-state index in [2.05, 4.69) is 0 Å². The average molecular weight is 253 g/mol. The Morgan fingerprint density at radius 2 is 1.80 bits per heavy atom. The van der Waals surface area contributed by atoms with Gasteiger partial charge < -0.3 is 0 Å². The van der Waals surface area contributed by atoms with Crippen LogP contribution in [-0.4, -0.2) is 5.51 Å². The van der Waals surface area contributed by atoms with Crippen LogP contribution in [0.3, 0.4) is 0 Å². The molecule has 1 unspecified atom stereocenters. The van der Waals surface area contributed by atoms with Crippen LogP contribution in [0.5, 0.6) is 0 Å². The molecule has 5 heteroatoms. The number of hydrogen-bond acceptors (Lipinski definition) is 0. The molecule has 0 saturated heterocycles. The molecule has 15 heavy (non-hydrogen) atoms. The van der Waals surface area contributed by atoms with Gasteiger partial charge in [0.25, 0.3) is 0 Å². The summed E-state index contributed by atoms with van der Waals surface area (Å²) in [6.07, 6.45) is 1.52. The van der Waals surface area contributed by atoms with E-state index in [4.69, 9.17) is 10.7 Å². The molecular weight excluding hydrogens is 245 g/mol. The Morgan fingerprint density at radius 3 is 2.40 bits per heavy atom. The van der Waals surface area contributed by atoms with Crippen molar-refractivity contribution < 1.29 is 13.2 Å². The van der Waals surface area contributed by atoms with Crippen molar-refractivity contribution in [3.05, 3.63) is 34.7 Å². The molecule has 0 aliphatic carbocycles. The van der Waals surface area contributed by atoms with Crippen molar-refractivity contribution in [1.82, 2.24) is 0 Å². The first kappa shape index (κ1) is 10.9. The van der Waals surface area contributed by atoms with Crippen molar-refractivity contribution in [2.24, 2.45) is 0 Å². The van der Waals surface area contributed by atoms with Crippen molar-refractivity contribution in [2.75, 3.05) is 0 Å². The molecule has 0 nitrogen and oxygen atoms in total. The van der Waals surface area contributed by atoms with Crippen molar-refractivity contribution >= 4 is 26.0 Å². The zero-order valence-corrected chi connectivity index (χ0v) is 9.38. The Bertz CT molecular complexity index is 439. The first-order chi connectivity index (χ1) is 6.87. The molecule has 0 saturated carbocycles. The molecule has 0 fully saturated rings. The van der Waals surface area contributed by atoms with Crippen LogP contribution in [0.4, 0.5) is 13.2 Å². The second-order valence-electron chi connectivity index (χ2n) is 3.28. The zero-order valence-electron chi connectivity index (χ0n) is 7.81. The lowest BCUT2D eigenvalue weighted by Gasteiger charge is -2.32. The topological polar surface area (TPSA) is 0 Å². The summed E-state index contributed by atoms with van der Waals surface area (Å²) in [6, 6.07) is 6.40. The molecule has 1 atom stereocenters. The van der Waals surface area contributed by atoms with E-state index in [0.717, 1.165) is 0 Å². The summed E-state index contributed by atoms with van der Waals surface area (Å²) in [5, 5.41) is 0. The molecule has 1 aliphatic heterocycles. The Labute approximate surface area is 91.6 Å². The minimum atomic E-state index is -4.39. The van der Waals surface area contributed by atoms with Crippen molar-refractivity contribution in [2.45, 2.75) is 17.3 Å². The zero-order chi connectivity index (χ0) is 11.3. The first-order valence-electron chi connectivity index (χ1n) is 4.24. The second kappa shape index (κ2) is 3.19. The minimum absolute atomic E-state index is 0.205. The van der Waals surface area contributed by atoms with Gasteiger partial charge in [-0.25, -0.2) is 0 Å². The van der Waals surface area contributed by atoms with E-state index in [1.54, 1.807) is 18.2 Å². The maximum absolute atomic E-state index is 12.9. The maximum Gasteiger partial charge on any atom is 0.445 e. The third kappa shape index (κ3) is 1.39. The van der Waals surface area contributed by atoms with Gasteiger partial charge in [-0.15, -0.1) is 0 Å². The predicted octanol–water partition coefficient (Wildman–Crippen LogP) is 4.90. The number of rotatable bonds is 0. The average Bonchev–Trinajstić information content (AvgIpc) is 2.40. The molecule has 2 rings (SSSR count). The molecule has 0 spiro atoms. The molecule has 1 heterocycles. The van der Waals surface area contributed by atoms with Gasteiger partial charge >= 0.3 is 5.51 Å². The van der Waals surface area contributed by atoms with Crippen LogP contribution < -0.4 is 0 Å². The summed E-state index contributed by atoms with van der Waals surface area (Å²) in [4.78, 5) is 0.412. The van der Waals surface area contributed by atoms with Crippen LogP contribution in [-0.2, 0) is 0 Å². The molecule has 1 aromatic carbocycles. The van der Waals surface area contributed by atoms with E-state index in [9.17, 15) is 13.2 Å². The molecule has 0 aromatic heterocycles. The SMILES string of the molecule is CC1=Cc2ccccc2S1(Cl)C(F)(F)F. The van der Waals surface area contributed by atoms with E-state index < -0.39 is 14.7 Å². The standard InChI is InChI=1S/C10H8ClF3S/c1-7-6-8-4-2-3-5-9(8)15(7,11)10(12,13)14/h2-6H,1H3. The number of fused-ring (bicyclic) bond motifs is 1. The highest BCUT2D eigenvalue weighted by Crippen LogP contribution is 2.79. The maximum atomic E-state index is 12.9. The summed E-state index contributed by atoms with van der Waals surface area (Å²) in [7, 11) is 2.49. The van der Waals surface area contributed by atoms with Crippen LogP contribution in [0.25, 0.3) is 6.08 Å². The molecule has 1 aliphatic rings. The summed E-state index contributed by atoms with van der Waals surface area (Å²) in [5.74, 6) is 0. The Morgan fingerprint density at radius 1 is 1.20 bits per heavy atom. The van der Waals surface area contributed by atoms with E-state index in [1.165, 1.54) is 19.1 Å². The van der Waals surface area contributed by atoms with Crippen molar-refractivity contribution in [3.63, 3.8) is 0 Å². The van der Waals surface area contributed by atoms with Crippen LogP contribution in [0.15, 0.2) is 34.1 Å². The van der Waals surface area contributed by atoms with E-state index in [-0.39, 0.29) is 9.80 Å². The summed E-state index contributed by atoms with van der Waals surface area (Å²) in [5.41, 5.74) is -3.81. The van der Waals surface area contributed by atoms with Crippen LogP contribution in [0.2, 0.25) is 0 Å². The second-order valence-corrected chi connectivity index (χ2v) is 7.29. The van der Waals surface area contributed by atoms with Gasteiger partial charge in [-0.2, -0.15) is 13.2 Å². The molecule has 1 aromatic rings. The normalized spacial score (nSPS) is 29.3. The van der Waals surface area contributed by atoms with E-state index >= 15 is 0 Å². The molecule has 0 amide bonds. The molecular formula is C10H8ClF3S. The highest BCUT2D eigenvalue weighted by atomic mass is 35.7. The lowest BCUT2D eigenvalue weighted by atomic mass is 10.2. The fourth-order valence-corrected chi connectivity index (χ4v) is 4.16. The highest BCUT2D eigenvalue weighted by Gasteiger charge is 2.54. The third-order valence-electron chi connectivity index (χ3n) is 2.34. The minimum Gasteiger partial charge on any atom is -0.160 e. The molecule has 0 bridgehead atoms. The Hall–Kier alpha value is -0.610. The van der Waals surface area contributed by atoms with Gasteiger partial charge in [0.15, 0.2) is 0 Å². The van der Waals surface area contributed by atoms with Crippen LogP contribution in [0, 0.1) is 0 Å². The van der Waals surface area contributed by atoms with Gasteiger partial charge in [-0.3, -0.25) is 0 Å². The fourth-order valence-electron chi connectivity index (χ4n) is 1.64.